The van der Waals surface area contributed by atoms with Crippen LogP contribution in [0.4, 0.5) is 0 Å². The smallest absolute Gasteiger partial charge is 0.192 e. The molecule has 0 aliphatic heterocycles. The lowest BCUT2D eigenvalue weighted by molar-refractivity contribution is -0.127. The molecular weight excluding hydrogens is 272 g/mol. The third kappa shape index (κ3) is 2.38. The number of carbonyl (C=O) groups excluding carboxylic acids is 1. The number of aliphatic hydroxyl groups excluding tert-OH is 2. The number of hydrogen-bond acceptors (Lipinski definition) is 4. The zero-order chi connectivity index (χ0) is 15.3. The van der Waals surface area contributed by atoms with Crippen LogP contribution in [0.3, 0.4) is 0 Å². The Morgan fingerprint density at radius 1 is 1.30 bits per heavy atom. The van der Waals surface area contributed by atoms with Crippen molar-refractivity contribution in [2.75, 3.05) is 0 Å². The van der Waals surface area contributed by atoms with Crippen LogP contribution in [0.5, 0.6) is 0 Å². The van der Waals surface area contributed by atoms with Crippen molar-refractivity contribution in [3.8, 4) is 0 Å². The molecule has 0 radical (unpaired) electrons. The van der Waals surface area contributed by atoms with Crippen LogP contribution in [-0.2, 0) is 9.22 Å². The van der Waals surface area contributed by atoms with E-state index in [1.165, 1.54) is 0 Å². The molecule has 4 nitrogen and oxygen atoms in total. The van der Waals surface area contributed by atoms with Crippen LogP contribution in [0.2, 0.25) is 18.1 Å². The van der Waals surface area contributed by atoms with Crippen molar-refractivity contribution in [3.05, 3.63) is 0 Å². The third-order valence-electron chi connectivity index (χ3n) is 5.71. The summed E-state index contributed by atoms with van der Waals surface area (Å²) in [5, 5.41) is 20.3. The molecule has 2 aliphatic carbocycles. The maximum absolute atomic E-state index is 11.8. The molecule has 0 aromatic rings. The standard InChI is InChI=1S/C15H28O4Si/c1-14(2,3)20(4,5)19-11-7-6-8-15(11)9-10(16)12(17)13(15)18/h11-13,17-18H,6-9H2,1-5H3/t11-,12?,13?,15+/m0/s1. The quantitative estimate of drug-likeness (QED) is 0.768. The van der Waals surface area contributed by atoms with Crippen LogP contribution >= 0.6 is 0 Å². The SMILES string of the molecule is CC(C)(C)[Si](C)(C)O[C@H]1CCC[C@@]12CC(=O)C(O)C2O. The Balaban J connectivity index is 2.23. The third-order valence-corrected chi connectivity index (χ3v) is 10.2. The second-order valence-corrected chi connectivity index (χ2v) is 12.8. The summed E-state index contributed by atoms with van der Waals surface area (Å²) in [6.07, 6.45) is 0.579. The minimum absolute atomic E-state index is 0.0977. The van der Waals surface area contributed by atoms with Crippen molar-refractivity contribution in [1.82, 2.24) is 0 Å². The van der Waals surface area contributed by atoms with Crippen molar-refractivity contribution in [3.63, 3.8) is 0 Å². The molecule has 0 amide bonds. The summed E-state index contributed by atoms with van der Waals surface area (Å²) in [5.74, 6) is -0.233. The van der Waals surface area contributed by atoms with Gasteiger partial charge in [0.25, 0.3) is 0 Å². The number of rotatable bonds is 2. The minimum Gasteiger partial charge on any atom is -0.413 e. The summed E-state index contributed by atoms with van der Waals surface area (Å²) < 4.78 is 6.48. The maximum Gasteiger partial charge on any atom is 0.192 e. The van der Waals surface area contributed by atoms with E-state index in [0.717, 1.165) is 19.3 Å². The number of Topliss-reactive ketones (excluding diaryl/α,β-unsaturated/α-hetero) is 1. The lowest BCUT2D eigenvalue weighted by Crippen LogP contribution is -2.50. The lowest BCUT2D eigenvalue weighted by atomic mass is 9.80. The normalized spacial score (nSPS) is 39.0. The number of carbonyl (C=O) groups is 1. The van der Waals surface area contributed by atoms with Crippen molar-refractivity contribution in [2.45, 2.75) is 82.9 Å². The highest BCUT2D eigenvalue weighted by molar-refractivity contribution is 6.74. The fraction of sp³-hybridized carbons (Fsp3) is 0.933. The van der Waals surface area contributed by atoms with E-state index in [-0.39, 0.29) is 23.3 Å². The van der Waals surface area contributed by atoms with E-state index < -0.39 is 25.9 Å². The van der Waals surface area contributed by atoms with Crippen molar-refractivity contribution in [2.24, 2.45) is 5.41 Å². The molecule has 2 N–H and O–H groups in total. The van der Waals surface area contributed by atoms with E-state index in [1.807, 2.05) is 0 Å². The average molecular weight is 300 g/mol. The Morgan fingerprint density at radius 3 is 2.35 bits per heavy atom. The van der Waals surface area contributed by atoms with Crippen molar-refractivity contribution in [1.29, 1.82) is 0 Å². The monoisotopic (exact) mass is 300 g/mol. The summed E-state index contributed by atoms with van der Waals surface area (Å²) in [7, 11) is -1.94. The topological polar surface area (TPSA) is 66.8 Å². The molecule has 2 unspecified atom stereocenters. The molecule has 116 valence electrons. The molecule has 5 heteroatoms. The summed E-state index contributed by atoms with van der Waals surface area (Å²) in [4.78, 5) is 11.8. The summed E-state index contributed by atoms with van der Waals surface area (Å²) in [6.45, 7) is 10.9. The van der Waals surface area contributed by atoms with Crippen molar-refractivity contribution >= 4 is 14.1 Å². The summed E-state index contributed by atoms with van der Waals surface area (Å²) in [6, 6.07) is 0. The molecule has 4 atom stereocenters. The van der Waals surface area contributed by atoms with Gasteiger partial charge in [0.1, 0.15) is 6.10 Å². The van der Waals surface area contributed by atoms with E-state index in [0.29, 0.717) is 0 Å². The molecule has 20 heavy (non-hydrogen) atoms. The fourth-order valence-electron chi connectivity index (χ4n) is 3.34. The summed E-state index contributed by atoms with van der Waals surface area (Å²) >= 11 is 0. The Hall–Kier alpha value is -0.233. The van der Waals surface area contributed by atoms with E-state index in [4.69, 9.17) is 4.43 Å². The zero-order valence-corrected chi connectivity index (χ0v) is 14.3. The Bertz CT molecular complexity index is 401. The van der Waals surface area contributed by atoms with Gasteiger partial charge in [-0.25, -0.2) is 0 Å². The van der Waals surface area contributed by atoms with Gasteiger partial charge in [-0.1, -0.05) is 27.2 Å². The first-order chi connectivity index (χ1) is 9.01. The Kier molecular flexibility index (Phi) is 3.96. The van der Waals surface area contributed by atoms with E-state index >= 15 is 0 Å². The first-order valence-electron chi connectivity index (χ1n) is 7.58. The molecule has 0 aromatic carbocycles. The zero-order valence-electron chi connectivity index (χ0n) is 13.3. The van der Waals surface area contributed by atoms with Gasteiger partial charge in [0.2, 0.25) is 0 Å². The Morgan fingerprint density at radius 2 is 1.90 bits per heavy atom. The number of hydrogen-bond donors (Lipinski definition) is 2. The molecule has 1 spiro atoms. The van der Waals surface area contributed by atoms with E-state index in [9.17, 15) is 15.0 Å². The number of ketones is 1. The van der Waals surface area contributed by atoms with Gasteiger partial charge in [0.15, 0.2) is 14.1 Å². The first kappa shape index (κ1) is 16.1. The second kappa shape index (κ2) is 4.90. The molecule has 0 heterocycles. The molecule has 2 rings (SSSR count). The van der Waals surface area contributed by atoms with Crippen LogP contribution in [0, 0.1) is 5.41 Å². The summed E-state index contributed by atoms with van der Waals surface area (Å²) in [5.41, 5.74) is -0.550. The molecule has 0 aromatic heterocycles. The van der Waals surface area contributed by atoms with Gasteiger partial charge in [-0.15, -0.1) is 0 Å². The largest absolute Gasteiger partial charge is 0.413 e. The highest BCUT2D eigenvalue weighted by Gasteiger charge is 2.59. The highest BCUT2D eigenvalue weighted by atomic mass is 28.4. The van der Waals surface area contributed by atoms with Crippen LogP contribution in [-0.4, -0.2) is 42.6 Å². The maximum atomic E-state index is 11.8. The van der Waals surface area contributed by atoms with Crippen LogP contribution in [0.15, 0.2) is 0 Å². The predicted molar refractivity (Wildman–Crippen MR) is 80.0 cm³/mol. The lowest BCUT2D eigenvalue weighted by Gasteiger charge is -2.43. The van der Waals surface area contributed by atoms with Gasteiger partial charge in [0, 0.05) is 11.8 Å². The van der Waals surface area contributed by atoms with Crippen LogP contribution in [0.25, 0.3) is 0 Å². The Labute approximate surface area is 122 Å². The van der Waals surface area contributed by atoms with Gasteiger partial charge in [-0.05, 0) is 31.0 Å². The second-order valence-electron chi connectivity index (χ2n) is 8.02. The molecular formula is C15H28O4Si. The van der Waals surface area contributed by atoms with E-state index in [2.05, 4.69) is 33.9 Å². The van der Waals surface area contributed by atoms with Gasteiger partial charge in [-0.2, -0.15) is 0 Å². The van der Waals surface area contributed by atoms with Crippen molar-refractivity contribution < 1.29 is 19.4 Å². The van der Waals surface area contributed by atoms with Gasteiger partial charge in [-0.3, -0.25) is 4.79 Å². The van der Waals surface area contributed by atoms with Gasteiger partial charge < -0.3 is 14.6 Å². The molecule has 0 bridgehead atoms. The highest BCUT2D eigenvalue weighted by Crippen LogP contribution is 2.53. The van der Waals surface area contributed by atoms with E-state index in [1.54, 1.807) is 0 Å². The predicted octanol–water partition coefficient (Wildman–Crippen LogP) is 2.24. The van der Waals surface area contributed by atoms with Crippen LogP contribution in [0.1, 0.15) is 46.5 Å². The van der Waals surface area contributed by atoms with Crippen LogP contribution < -0.4 is 0 Å². The number of aliphatic hydroxyl groups is 2. The molecule has 0 saturated heterocycles. The van der Waals surface area contributed by atoms with Gasteiger partial charge >= 0.3 is 0 Å². The molecule has 2 fully saturated rings. The molecule has 2 saturated carbocycles. The minimum atomic E-state index is -1.94. The first-order valence-corrected chi connectivity index (χ1v) is 10.5. The van der Waals surface area contributed by atoms with Gasteiger partial charge in [0.05, 0.1) is 12.2 Å². The molecule has 2 aliphatic rings. The fourth-order valence-corrected chi connectivity index (χ4v) is 4.76. The average Bonchev–Trinajstić information content (AvgIpc) is 2.77.